The zero-order chi connectivity index (χ0) is 12.4. The van der Waals surface area contributed by atoms with Gasteiger partial charge in [0.15, 0.2) is 0 Å². The Labute approximate surface area is 105 Å². The highest BCUT2D eigenvalue weighted by atomic mass is 15.3. The van der Waals surface area contributed by atoms with Crippen LogP contribution in [0.1, 0.15) is 43.2 Å². The molecule has 2 aromatic rings. The lowest BCUT2D eigenvalue weighted by atomic mass is 10.3. The molecule has 0 N–H and O–H groups in total. The quantitative estimate of drug-likeness (QED) is 0.817. The molecule has 1 fully saturated rings. The summed E-state index contributed by atoms with van der Waals surface area (Å²) >= 11 is 0. The molecule has 1 aliphatic carbocycles. The van der Waals surface area contributed by atoms with Crippen molar-refractivity contribution < 1.29 is 0 Å². The zero-order valence-corrected chi connectivity index (χ0v) is 10.0. The summed E-state index contributed by atoms with van der Waals surface area (Å²) in [5.41, 5.74) is 0.955. The van der Waals surface area contributed by atoms with Crippen LogP contribution in [-0.4, -0.2) is 24.5 Å². The molecule has 0 radical (unpaired) electrons. The Morgan fingerprint density at radius 2 is 2.17 bits per heavy atom. The van der Waals surface area contributed by atoms with Crippen LogP contribution in [0.5, 0.6) is 0 Å². The number of nitriles is 1. The van der Waals surface area contributed by atoms with Crippen LogP contribution in [0.4, 0.5) is 0 Å². The van der Waals surface area contributed by atoms with Gasteiger partial charge in [0.25, 0.3) is 5.82 Å². The van der Waals surface area contributed by atoms with Crippen molar-refractivity contribution in [2.45, 2.75) is 38.3 Å². The molecule has 2 aromatic heterocycles. The molecule has 0 bridgehead atoms. The predicted octanol–water partition coefficient (Wildman–Crippen LogP) is 1.51. The molecular formula is C12H14N6. The fraction of sp³-hybridized carbons (Fsp3) is 0.500. The Kier molecular flexibility index (Phi) is 2.81. The second-order valence-electron chi connectivity index (χ2n) is 4.60. The van der Waals surface area contributed by atoms with Gasteiger partial charge in [-0.3, -0.25) is 4.68 Å². The van der Waals surface area contributed by atoms with E-state index in [-0.39, 0.29) is 5.82 Å². The van der Waals surface area contributed by atoms with Crippen LogP contribution in [0.3, 0.4) is 0 Å². The van der Waals surface area contributed by atoms with Crippen molar-refractivity contribution in [3.63, 3.8) is 0 Å². The predicted molar refractivity (Wildman–Crippen MR) is 63.6 cm³/mol. The van der Waals surface area contributed by atoms with Crippen LogP contribution >= 0.6 is 0 Å². The third-order valence-electron chi connectivity index (χ3n) is 3.32. The van der Waals surface area contributed by atoms with Gasteiger partial charge in [-0.2, -0.15) is 10.4 Å². The molecule has 1 saturated carbocycles. The van der Waals surface area contributed by atoms with E-state index in [1.54, 1.807) is 11.0 Å². The number of aromatic nitrogens is 5. The fourth-order valence-electron chi connectivity index (χ4n) is 2.42. The maximum Gasteiger partial charge on any atom is 0.252 e. The summed E-state index contributed by atoms with van der Waals surface area (Å²) in [6.07, 6.45) is 8.65. The Morgan fingerprint density at radius 1 is 1.33 bits per heavy atom. The van der Waals surface area contributed by atoms with Crippen LogP contribution in [0.15, 0.2) is 18.6 Å². The van der Waals surface area contributed by atoms with Gasteiger partial charge in [0.05, 0.1) is 18.3 Å². The highest BCUT2D eigenvalue weighted by Gasteiger charge is 2.17. The van der Waals surface area contributed by atoms with Gasteiger partial charge in [-0.05, 0) is 18.9 Å². The summed E-state index contributed by atoms with van der Waals surface area (Å²) in [5, 5.41) is 17.3. The summed E-state index contributed by atoms with van der Waals surface area (Å²) in [6, 6.07) is 4.48. The van der Waals surface area contributed by atoms with E-state index in [9.17, 15) is 0 Å². The summed E-state index contributed by atoms with van der Waals surface area (Å²) in [5.74, 6) is 0.199. The maximum absolute atomic E-state index is 8.66. The molecule has 18 heavy (non-hydrogen) atoms. The van der Waals surface area contributed by atoms with Crippen LogP contribution in [-0.2, 0) is 6.54 Å². The Hall–Kier alpha value is -2.16. The average Bonchev–Trinajstić information content (AvgIpc) is 3.10. The molecule has 6 nitrogen and oxygen atoms in total. The lowest BCUT2D eigenvalue weighted by Crippen LogP contribution is -2.07. The van der Waals surface area contributed by atoms with E-state index in [1.807, 2.05) is 18.3 Å². The minimum absolute atomic E-state index is 0.199. The van der Waals surface area contributed by atoms with E-state index < -0.39 is 0 Å². The molecule has 1 aliphatic rings. The molecule has 6 heteroatoms. The average molecular weight is 242 g/mol. The Bertz CT molecular complexity index is 569. The molecule has 3 rings (SSSR count). The first-order valence-corrected chi connectivity index (χ1v) is 6.19. The van der Waals surface area contributed by atoms with Crippen molar-refractivity contribution in [2.75, 3.05) is 0 Å². The zero-order valence-electron chi connectivity index (χ0n) is 10.0. The molecular weight excluding hydrogens is 228 g/mol. The Balaban J connectivity index is 1.71. The Morgan fingerprint density at radius 3 is 2.89 bits per heavy atom. The number of rotatable bonds is 3. The van der Waals surface area contributed by atoms with E-state index in [0.717, 1.165) is 5.69 Å². The second-order valence-corrected chi connectivity index (χ2v) is 4.60. The van der Waals surface area contributed by atoms with Crippen molar-refractivity contribution >= 4 is 0 Å². The van der Waals surface area contributed by atoms with E-state index in [2.05, 4.69) is 19.9 Å². The highest BCUT2D eigenvalue weighted by molar-refractivity contribution is 5.07. The molecule has 92 valence electrons. The highest BCUT2D eigenvalue weighted by Crippen LogP contribution is 2.28. The summed E-state index contributed by atoms with van der Waals surface area (Å²) in [7, 11) is 0. The lowest BCUT2D eigenvalue weighted by Gasteiger charge is -2.08. The largest absolute Gasteiger partial charge is 0.269 e. The van der Waals surface area contributed by atoms with Crippen molar-refractivity contribution in [3.05, 3.63) is 30.1 Å². The first kappa shape index (κ1) is 11.0. The van der Waals surface area contributed by atoms with Crippen molar-refractivity contribution in [1.82, 2.24) is 24.5 Å². The standard InChI is InChI=1S/C12H14N6/c13-7-12-14-9-17(16-12)8-10-5-6-18(15-10)11-3-1-2-4-11/h5-6,9,11H,1-4,8H2. The maximum atomic E-state index is 8.66. The molecule has 0 saturated heterocycles. The van der Waals surface area contributed by atoms with E-state index in [1.165, 1.54) is 25.7 Å². The van der Waals surface area contributed by atoms with Gasteiger partial charge in [-0.15, -0.1) is 5.10 Å². The van der Waals surface area contributed by atoms with E-state index in [4.69, 9.17) is 5.26 Å². The summed E-state index contributed by atoms with van der Waals surface area (Å²) < 4.78 is 3.70. The first-order chi connectivity index (χ1) is 8.85. The van der Waals surface area contributed by atoms with Gasteiger partial charge in [0.1, 0.15) is 12.4 Å². The number of nitrogens with zero attached hydrogens (tertiary/aromatic N) is 6. The SMILES string of the molecule is N#Cc1ncn(Cc2ccn(C3CCCC3)n2)n1. The van der Waals surface area contributed by atoms with Crippen molar-refractivity contribution in [3.8, 4) is 6.07 Å². The third kappa shape index (κ3) is 2.12. The molecule has 0 aliphatic heterocycles. The van der Waals surface area contributed by atoms with Crippen molar-refractivity contribution in [2.24, 2.45) is 0 Å². The smallest absolute Gasteiger partial charge is 0.252 e. The molecule has 0 amide bonds. The molecule has 2 heterocycles. The van der Waals surface area contributed by atoms with E-state index in [0.29, 0.717) is 12.6 Å². The second kappa shape index (κ2) is 4.61. The minimum Gasteiger partial charge on any atom is -0.269 e. The monoisotopic (exact) mass is 242 g/mol. The van der Waals surface area contributed by atoms with Crippen molar-refractivity contribution in [1.29, 1.82) is 5.26 Å². The van der Waals surface area contributed by atoms with Gasteiger partial charge < -0.3 is 0 Å². The number of hydrogen-bond donors (Lipinski definition) is 0. The number of hydrogen-bond acceptors (Lipinski definition) is 4. The van der Waals surface area contributed by atoms with Gasteiger partial charge in [0.2, 0.25) is 0 Å². The lowest BCUT2D eigenvalue weighted by molar-refractivity contribution is 0.460. The minimum atomic E-state index is 0.199. The van der Waals surface area contributed by atoms with Gasteiger partial charge in [-0.1, -0.05) is 12.8 Å². The molecule has 0 unspecified atom stereocenters. The molecule has 0 atom stereocenters. The van der Waals surface area contributed by atoms with E-state index >= 15 is 0 Å². The van der Waals surface area contributed by atoms with Crippen LogP contribution in [0.2, 0.25) is 0 Å². The van der Waals surface area contributed by atoms with Crippen LogP contribution in [0, 0.1) is 11.3 Å². The van der Waals surface area contributed by atoms with Gasteiger partial charge in [0, 0.05) is 6.20 Å². The summed E-state index contributed by atoms with van der Waals surface area (Å²) in [4.78, 5) is 3.87. The van der Waals surface area contributed by atoms with Crippen LogP contribution < -0.4 is 0 Å². The topological polar surface area (TPSA) is 72.3 Å². The first-order valence-electron chi connectivity index (χ1n) is 6.19. The van der Waals surface area contributed by atoms with Gasteiger partial charge >= 0.3 is 0 Å². The van der Waals surface area contributed by atoms with Gasteiger partial charge in [-0.25, -0.2) is 9.67 Å². The van der Waals surface area contributed by atoms with Crippen LogP contribution in [0.25, 0.3) is 0 Å². The summed E-state index contributed by atoms with van der Waals surface area (Å²) in [6.45, 7) is 0.564. The molecule has 0 spiro atoms. The normalized spacial score (nSPS) is 15.9. The third-order valence-corrected chi connectivity index (χ3v) is 3.32. The molecule has 0 aromatic carbocycles. The fourth-order valence-corrected chi connectivity index (χ4v) is 2.42.